The molecule has 2 rings (SSSR count). The van der Waals surface area contributed by atoms with Crippen molar-refractivity contribution >= 4 is 5.71 Å². The summed E-state index contributed by atoms with van der Waals surface area (Å²) in [5.74, 6) is -0.0657. The van der Waals surface area contributed by atoms with Crippen LogP contribution in [0.25, 0.3) is 0 Å². The van der Waals surface area contributed by atoms with Gasteiger partial charge in [0.1, 0.15) is 12.3 Å². The summed E-state index contributed by atoms with van der Waals surface area (Å²) in [5, 5.41) is 10.9. The van der Waals surface area contributed by atoms with Crippen molar-refractivity contribution < 1.29 is 23.6 Å². The third-order valence-corrected chi connectivity index (χ3v) is 2.82. The molecule has 0 aliphatic carbocycles. The van der Waals surface area contributed by atoms with E-state index in [1.165, 1.54) is 6.07 Å². The van der Waals surface area contributed by atoms with Crippen LogP contribution in [-0.2, 0) is 0 Å². The Bertz CT molecular complexity index is 547. The molecule has 0 fully saturated rings. The molecule has 1 aliphatic rings. The van der Waals surface area contributed by atoms with Crippen LogP contribution in [0.3, 0.4) is 0 Å². The van der Waals surface area contributed by atoms with Gasteiger partial charge in [-0.2, -0.15) is 13.2 Å². The maximum Gasteiger partial charge on any atom is 0.466 e. The molecule has 102 valence electrons. The number of phenols is 1. The predicted octanol–water partition coefficient (Wildman–Crippen LogP) is 1.51. The highest BCUT2D eigenvalue weighted by Gasteiger charge is 2.39. The summed E-state index contributed by atoms with van der Waals surface area (Å²) in [6, 6.07) is 4.78. The van der Waals surface area contributed by atoms with Crippen LogP contribution in [0.5, 0.6) is 5.75 Å². The third kappa shape index (κ3) is 3.14. The summed E-state index contributed by atoms with van der Waals surface area (Å²) in [6.45, 7) is 2.32. The number of nitrogens with zero attached hydrogens (tertiary/aromatic N) is 1. The molecule has 1 heterocycles. The van der Waals surface area contributed by atoms with E-state index in [0.717, 1.165) is 17.0 Å². The molecular weight excluding hydrogens is 257 g/mol. The zero-order valence-corrected chi connectivity index (χ0v) is 10.3. The number of aliphatic imine (C=N–C) groups is 1. The Hall–Kier alpha value is -1.82. The van der Waals surface area contributed by atoms with Crippen molar-refractivity contribution in [1.82, 2.24) is 0 Å². The van der Waals surface area contributed by atoms with E-state index in [2.05, 4.69) is 4.99 Å². The van der Waals surface area contributed by atoms with Crippen LogP contribution in [0.2, 0.25) is 0 Å². The number of quaternary nitrogens is 1. The molecule has 0 amide bonds. The minimum absolute atomic E-state index is 0.0657. The molecule has 0 bridgehead atoms. The summed E-state index contributed by atoms with van der Waals surface area (Å²) < 4.78 is 38.3. The van der Waals surface area contributed by atoms with Crippen molar-refractivity contribution in [3.05, 3.63) is 41.1 Å². The number of halogens is 3. The van der Waals surface area contributed by atoms with Crippen LogP contribution in [0.1, 0.15) is 11.1 Å². The lowest BCUT2D eigenvalue weighted by molar-refractivity contribution is -0.622. The number of rotatable bonds is 1. The van der Waals surface area contributed by atoms with Gasteiger partial charge in [0.2, 0.25) is 5.70 Å². The van der Waals surface area contributed by atoms with Gasteiger partial charge in [0.15, 0.2) is 0 Å². The van der Waals surface area contributed by atoms with Crippen molar-refractivity contribution in [3.8, 4) is 5.75 Å². The average molecular weight is 271 g/mol. The van der Waals surface area contributed by atoms with Gasteiger partial charge in [-0.1, -0.05) is 11.6 Å². The van der Waals surface area contributed by atoms with E-state index in [1.807, 2.05) is 0 Å². The second kappa shape index (κ2) is 5.05. The summed E-state index contributed by atoms with van der Waals surface area (Å²) in [5.41, 5.74) is 0.634. The molecule has 1 aliphatic heterocycles. The van der Waals surface area contributed by atoms with Crippen LogP contribution in [0, 0.1) is 6.92 Å². The first kappa shape index (κ1) is 13.6. The highest BCUT2D eigenvalue weighted by molar-refractivity contribution is 6.10. The van der Waals surface area contributed by atoms with Gasteiger partial charge >= 0.3 is 6.18 Å². The van der Waals surface area contributed by atoms with Crippen LogP contribution in [-0.4, -0.2) is 30.1 Å². The minimum Gasteiger partial charge on any atom is -0.507 e. The molecule has 1 aromatic carbocycles. The zero-order chi connectivity index (χ0) is 14.0. The molecule has 0 aromatic heterocycles. The van der Waals surface area contributed by atoms with E-state index in [0.29, 0.717) is 5.56 Å². The number of allylic oxidation sites excluding steroid dienone is 2. The molecule has 19 heavy (non-hydrogen) atoms. The second-order valence-corrected chi connectivity index (χ2v) is 4.38. The molecule has 0 saturated carbocycles. The van der Waals surface area contributed by atoms with Crippen LogP contribution < -0.4 is 5.32 Å². The number of aromatic hydroxyl groups is 1. The van der Waals surface area contributed by atoms with Gasteiger partial charge in [-0.15, -0.1) is 0 Å². The van der Waals surface area contributed by atoms with Crippen LogP contribution in [0.4, 0.5) is 13.2 Å². The minimum atomic E-state index is -4.40. The van der Waals surface area contributed by atoms with E-state index in [9.17, 15) is 18.3 Å². The fourth-order valence-corrected chi connectivity index (χ4v) is 1.87. The van der Waals surface area contributed by atoms with Crippen molar-refractivity contribution in [1.29, 1.82) is 0 Å². The van der Waals surface area contributed by atoms with Gasteiger partial charge < -0.3 is 10.4 Å². The van der Waals surface area contributed by atoms with Gasteiger partial charge in [0, 0.05) is 11.6 Å². The van der Waals surface area contributed by atoms with Gasteiger partial charge in [0.05, 0.1) is 12.3 Å². The number of aryl methyl sites for hydroxylation is 1. The molecule has 0 radical (unpaired) electrons. The molecule has 6 heteroatoms. The first-order valence-electron chi connectivity index (χ1n) is 5.84. The highest BCUT2D eigenvalue weighted by Crippen LogP contribution is 2.24. The van der Waals surface area contributed by atoms with Gasteiger partial charge in [-0.3, -0.25) is 4.99 Å². The average Bonchev–Trinajstić information content (AvgIpc) is 2.57. The highest BCUT2D eigenvalue weighted by atomic mass is 19.4. The molecule has 1 aromatic rings. The Balaban J connectivity index is 2.47. The van der Waals surface area contributed by atoms with E-state index in [-0.39, 0.29) is 24.6 Å². The number of hydrogen-bond donors (Lipinski definition) is 2. The fraction of sp³-hybridized carbons (Fsp3) is 0.308. The number of nitrogens with two attached hydrogens (primary N) is 1. The summed E-state index contributed by atoms with van der Waals surface area (Å²) in [7, 11) is 0. The predicted molar refractivity (Wildman–Crippen MR) is 65.2 cm³/mol. The van der Waals surface area contributed by atoms with Crippen molar-refractivity contribution in [2.75, 3.05) is 13.1 Å². The Morgan fingerprint density at radius 2 is 2.05 bits per heavy atom. The van der Waals surface area contributed by atoms with Crippen molar-refractivity contribution in [3.63, 3.8) is 0 Å². The number of alkyl halides is 3. The van der Waals surface area contributed by atoms with E-state index in [1.54, 1.807) is 19.1 Å². The zero-order valence-electron chi connectivity index (χ0n) is 10.3. The largest absolute Gasteiger partial charge is 0.507 e. The standard InChI is InChI=1S/C13H13F3N2O/c1-8-2-3-11(19)9(6-8)10-7-12(13(14,15)16)18-5-4-17-10/h2-3,6-7,18-19H,4-5H2,1H3/p+1. The molecule has 0 spiro atoms. The summed E-state index contributed by atoms with van der Waals surface area (Å²) in [6.07, 6.45) is -3.41. The smallest absolute Gasteiger partial charge is 0.466 e. The SMILES string of the molecule is Cc1ccc(O)c(C2=NCC[NH2+]C(C(F)(F)F)=C2)c1. The lowest BCUT2D eigenvalue weighted by Crippen LogP contribution is -2.85. The van der Waals surface area contributed by atoms with Gasteiger partial charge in [-0.25, -0.2) is 0 Å². The Labute approximate surface area is 108 Å². The first-order chi connectivity index (χ1) is 8.88. The van der Waals surface area contributed by atoms with Gasteiger partial charge in [-0.05, 0) is 19.1 Å². The van der Waals surface area contributed by atoms with Gasteiger partial charge in [0.25, 0.3) is 0 Å². The second-order valence-electron chi connectivity index (χ2n) is 4.38. The monoisotopic (exact) mass is 271 g/mol. The topological polar surface area (TPSA) is 49.2 Å². The Kier molecular flexibility index (Phi) is 3.61. The Morgan fingerprint density at radius 3 is 2.74 bits per heavy atom. The lowest BCUT2D eigenvalue weighted by atomic mass is 10.0. The third-order valence-electron chi connectivity index (χ3n) is 2.82. The quantitative estimate of drug-likeness (QED) is 0.799. The summed E-state index contributed by atoms with van der Waals surface area (Å²) >= 11 is 0. The molecule has 3 N–H and O–H groups in total. The maximum atomic E-state index is 12.8. The summed E-state index contributed by atoms with van der Waals surface area (Å²) in [4.78, 5) is 4.11. The number of benzene rings is 1. The lowest BCUT2D eigenvalue weighted by Gasteiger charge is -2.08. The van der Waals surface area contributed by atoms with E-state index < -0.39 is 11.9 Å². The molecule has 3 nitrogen and oxygen atoms in total. The Morgan fingerprint density at radius 1 is 1.32 bits per heavy atom. The van der Waals surface area contributed by atoms with Crippen molar-refractivity contribution in [2.24, 2.45) is 4.99 Å². The molecule has 0 saturated heterocycles. The maximum absolute atomic E-state index is 12.8. The normalized spacial score (nSPS) is 16.6. The van der Waals surface area contributed by atoms with Crippen LogP contribution in [0.15, 0.2) is 35.0 Å². The molecule has 0 atom stereocenters. The molecule has 0 unspecified atom stereocenters. The number of phenolic OH excluding ortho intramolecular Hbond substituents is 1. The fourth-order valence-electron chi connectivity index (χ4n) is 1.87. The van der Waals surface area contributed by atoms with E-state index in [4.69, 9.17) is 0 Å². The number of hydrogen-bond acceptors (Lipinski definition) is 2. The molecular formula is C13H14F3N2O+. The van der Waals surface area contributed by atoms with E-state index >= 15 is 0 Å². The first-order valence-corrected chi connectivity index (χ1v) is 5.84. The van der Waals surface area contributed by atoms with Crippen molar-refractivity contribution in [2.45, 2.75) is 13.1 Å². The van der Waals surface area contributed by atoms with Crippen LogP contribution >= 0.6 is 0 Å².